The van der Waals surface area contributed by atoms with Crippen molar-refractivity contribution >= 4 is 11.6 Å². The van der Waals surface area contributed by atoms with Crippen molar-refractivity contribution in [1.82, 2.24) is 24.7 Å². The highest BCUT2D eigenvalue weighted by Crippen LogP contribution is 2.21. The molecule has 0 N–H and O–H groups in total. The molecule has 0 aliphatic rings. The minimum Gasteiger partial charge on any atom is -0.424 e. The molecule has 0 fully saturated rings. The number of hydrogen-bond donors (Lipinski definition) is 0. The Kier molecular flexibility index (Phi) is 3.44. The van der Waals surface area contributed by atoms with E-state index in [4.69, 9.17) is 16.3 Å². The van der Waals surface area contributed by atoms with Gasteiger partial charge in [-0.25, -0.2) is 13.5 Å². The molecule has 9 heteroatoms. The SMILES string of the molecule is Fc1ccc(Oc2nc(Cl)nc(-n3cccn3)n2)cc1F. The van der Waals surface area contributed by atoms with E-state index in [1.54, 1.807) is 12.3 Å². The van der Waals surface area contributed by atoms with E-state index in [9.17, 15) is 8.78 Å². The van der Waals surface area contributed by atoms with Gasteiger partial charge in [0.05, 0.1) is 0 Å². The van der Waals surface area contributed by atoms with E-state index >= 15 is 0 Å². The lowest BCUT2D eigenvalue weighted by atomic mass is 10.3. The van der Waals surface area contributed by atoms with Crippen LogP contribution in [0.3, 0.4) is 0 Å². The molecule has 0 unspecified atom stereocenters. The third kappa shape index (κ3) is 2.95. The zero-order valence-electron chi connectivity index (χ0n) is 10.2. The smallest absolute Gasteiger partial charge is 0.328 e. The molecule has 6 nitrogen and oxygen atoms in total. The largest absolute Gasteiger partial charge is 0.424 e. The number of halogens is 3. The van der Waals surface area contributed by atoms with E-state index in [0.717, 1.165) is 12.1 Å². The fourth-order valence-corrected chi connectivity index (χ4v) is 1.65. The van der Waals surface area contributed by atoms with Gasteiger partial charge in [0.25, 0.3) is 5.95 Å². The Morgan fingerprint density at radius 3 is 2.67 bits per heavy atom. The topological polar surface area (TPSA) is 65.7 Å². The van der Waals surface area contributed by atoms with Crippen LogP contribution in [0.15, 0.2) is 36.7 Å². The van der Waals surface area contributed by atoms with Gasteiger partial charge in [-0.15, -0.1) is 0 Å². The minimum atomic E-state index is -1.04. The molecular formula is C12H6ClF2N5O. The summed E-state index contributed by atoms with van der Waals surface area (Å²) in [5.74, 6) is -1.85. The molecule has 0 bridgehead atoms. The summed E-state index contributed by atoms with van der Waals surface area (Å²) in [5, 5.41) is 3.82. The van der Waals surface area contributed by atoms with Crippen LogP contribution in [-0.4, -0.2) is 24.7 Å². The average molecular weight is 310 g/mol. The Balaban J connectivity index is 1.93. The summed E-state index contributed by atoms with van der Waals surface area (Å²) in [5.41, 5.74) is 0. The molecule has 3 aromatic rings. The zero-order valence-corrected chi connectivity index (χ0v) is 11.0. The maximum absolute atomic E-state index is 13.1. The standard InChI is InChI=1S/C12H6ClF2N5O/c13-10-17-11(20-5-1-4-16-20)19-12(18-10)21-7-2-3-8(14)9(15)6-7/h1-6H. The molecule has 3 rings (SSSR count). The maximum atomic E-state index is 13.1. The molecule has 0 radical (unpaired) electrons. The van der Waals surface area contributed by atoms with Gasteiger partial charge in [0, 0.05) is 18.5 Å². The van der Waals surface area contributed by atoms with E-state index in [1.165, 1.54) is 16.9 Å². The van der Waals surface area contributed by atoms with E-state index in [1.807, 2.05) is 0 Å². The van der Waals surface area contributed by atoms with Gasteiger partial charge in [0.2, 0.25) is 5.28 Å². The van der Waals surface area contributed by atoms with Gasteiger partial charge in [-0.05, 0) is 29.8 Å². The average Bonchev–Trinajstić information content (AvgIpc) is 2.96. The number of rotatable bonds is 3. The van der Waals surface area contributed by atoms with Crippen molar-refractivity contribution in [3.05, 3.63) is 53.6 Å². The Morgan fingerprint density at radius 2 is 1.95 bits per heavy atom. The normalized spacial score (nSPS) is 10.6. The second-order valence-corrected chi connectivity index (χ2v) is 4.15. The Hall–Kier alpha value is -2.61. The van der Waals surface area contributed by atoms with Crippen molar-refractivity contribution in [3.63, 3.8) is 0 Å². The first-order valence-corrected chi connectivity index (χ1v) is 6.04. The van der Waals surface area contributed by atoms with Gasteiger partial charge in [-0.3, -0.25) is 0 Å². The van der Waals surface area contributed by atoms with Crippen molar-refractivity contribution < 1.29 is 13.5 Å². The number of hydrogen-bond acceptors (Lipinski definition) is 5. The molecule has 0 aliphatic heterocycles. The first kappa shape index (κ1) is 13.4. The van der Waals surface area contributed by atoms with Gasteiger partial charge in [0.1, 0.15) is 5.75 Å². The molecular weight excluding hydrogens is 304 g/mol. The summed E-state index contributed by atoms with van der Waals surface area (Å²) in [7, 11) is 0. The Morgan fingerprint density at radius 1 is 1.10 bits per heavy atom. The van der Waals surface area contributed by atoms with Crippen molar-refractivity contribution in [2.24, 2.45) is 0 Å². The quantitative estimate of drug-likeness (QED) is 0.744. The molecule has 0 spiro atoms. The lowest BCUT2D eigenvalue weighted by Crippen LogP contribution is -2.05. The number of benzene rings is 1. The molecule has 106 valence electrons. The summed E-state index contributed by atoms with van der Waals surface area (Å²) in [4.78, 5) is 11.6. The zero-order chi connectivity index (χ0) is 14.8. The molecule has 2 aromatic heterocycles. The van der Waals surface area contributed by atoms with Crippen molar-refractivity contribution in [2.45, 2.75) is 0 Å². The van der Waals surface area contributed by atoms with Crippen molar-refractivity contribution in [1.29, 1.82) is 0 Å². The van der Waals surface area contributed by atoms with Gasteiger partial charge < -0.3 is 4.74 Å². The van der Waals surface area contributed by atoms with Crippen LogP contribution in [0, 0.1) is 11.6 Å². The predicted molar refractivity (Wildman–Crippen MR) is 68.4 cm³/mol. The van der Waals surface area contributed by atoms with Crippen LogP contribution in [0.5, 0.6) is 11.8 Å². The highest BCUT2D eigenvalue weighted by atomic mass is 35.5. The summed E-state index contributed by atoms with van der Waals surface area (Å²) in [6, 6.07) is 4.56. The highest BCUT2D eigenvalue weighted by Gasteiger charge is 2.10. The second-order valence-electron chi connectivity index (χ2n) is 3.82. The number of nitrogens with zero attached hydrogens (tertiary/aromatic N) is 5. The maximum Gasteiger partial charge on any atom is 0.328 e. The van der Waals surface area contributed by atoms with Crippen molar-refractivity contribution in [2.75, 3.05) is 0 Å². The monoisotopic (exact) mass is 309 g/mol. The lowest BCUT2D eigenvalue weighted by molar-refractivity contribution is 0.427. The summed E-state index contributed by atoms with van der Waals surface area (Å²) < 4.78 is 32.6. The molecule has 0 atom stereocenters. The van der Waals surface area contributed by atoms with Crippen LogP contribution in [0.4, 0.5) is 8.78 Å². The third-order valence-corrected chi connectivity index (χ3v) is 2.55. The lowest BCUT2D eigenvalue weighted by Gasteiger charge is -2.06. The van der Waals surface area contributed by atoms with Gasteiger partial charge >= 0.3 is 6.01 Å². The van der Waals surface area contributed by atoms with Crippen LogP contribution in [-0.2, 0) is 0 Å². The van der Waals surface area contributed by atoms with Crippen LogP contribution < -0.4 is 4.74 Å². The highest BCUT2D eigenvalue weighted by molar-refractivity contribution is 6.28. The van der Waals surface area contributed by atoms with Crippen LogP contribution in [0.25, 0.3) is 5.95 Å². The summed E-state index contributed by atoms with van der Waals surface area (Å²) >= 11 is 5.77. The second kappa shape index (κ2) is 5.41. The van der Waals surface area contributed by atoms with E-state index in [0.29, 0.717) is 0 Å². The van der Waals surface area contributed by atoms with E-state index in [2.05, 4.69) is 20.1 Å². The molecule has 21 heavy (non-hydrogen) atoms. The molecule has 0 amide bonds. The Bertz CT molecular complexity index is 781. The third-order valence-electron chi connectivity index (χ3n) is 2.39. The number of ether oxygens (including phenoxy) is 1. The molecule has 0 aliphatic carbocycles. The van der Waals surface area contributed by atoms with E-state index < -0.39 is 11.6 Å². The fourth-order valence-electron chi connectivity index (χ4n) is 1.50. The van der Waals surface area contributed by atoms with Gasteiger partial charge in [-0.2, -0.15) is 20.1 Å². The molecule has 2 heterocycles. The van der Waals surface area contributed by atoms with Crippen LogP contribution >= 0.6 is 11.6 Å². The molecule has 0 saturated heterocycles. The Labute approximate surface area is 122 Å². The van der Waals surface area contributed by atoms with Crippen LogP contribution in [0.1, 0.15) is 0 Å². The van der Waals surface area contributed by atoms with Crippen LogP contribution in [0.2, 0.25) is 5.28 Å². The van der Waals surface area contributed by atoms with E-state index in [-0.39, 0.29) is 23.0 Å². The predicted octanol–water partition coefficient (Wildman–Crippen LogP) is 2.78. The number of aromatic nitrogens is 5. The van der Waals surface area contributed by atoms with Gasteiger partial charge in [0.15, 0.2) is 11.6 Å². The molecule has 1 aromatic carbocycles. The van der Waals surface area contributed by atoms with Gasteiger partial charge in [-0.1, -0.05) is 0 Å². The van der Waals surface area contributed by atoms with Crippen molar-refractivity contribution in [3.8, 4) is 17.7 Å². The first-order valence-electron chi connectivity index (χ1n) is 5.66. The minimum absolute atomic E-state index is 0.0302. The summed E-state index contributed by atoms with van der Waals surface area (Å²) in [6.45, 7) is 0. The molecule has 0 saturated carbocycles. The summed E-state index contributed by atoms with van der Waals surface area (Å²) in [6.07, 6.45) is 3.14. The first-order chi connectivity index (χ1) is 10.1. The fraction of sp³-hybridized carbons (Fsp3) is 0.